The highest BCUT2D eigenvalue weighted by molar-refractivity contribution is 5.84. The Morgan fingerprint density at radius 1 is 1.10 bits per heavy atom. The van der Waals surface area contributed by atoms with Crippen LogP contribution in [-0.2, 0) is 4.79 Å². The molecular formula is C15H13F3N2O. The molecule has 0 saturated carbocycles. The number of nitrogens with two attached hydrogens (primary N) is 1. The Morgan fingerprint density at radius 2 is 1.81 bits per heavy atom. The number of primary amides is 1. The van der Waals surface area contributed by atoms with Gasteiger partial charge in [-0.05, 0) is 36.8 Å². The van der Waals surface area contributed by atoms with Gasteiger partial charge < -0.3 is 11.1 Å². The number of carbonyl (C=O) groups excluding carboxylic acids is 1. The molecule has 2 aromatic carbocycles. The molecule has 3 nitrogen and oxygen atoms in total. The number of nitrogens with one attached hydrogen (secondary N) is 1. The van der Waals surface area contributed by atoms with E-state index in [1.54, 1.807) is 13.0 Å². The molecule has 110 valence electrons. The van der Waals surface area contributed by atoms with Crippen molar-refractivity contribution in [1.29, 1.82) is 0 Å². The SMILES string of the molecule is Cc1cc(F)cc(NC(C(N)=O)c2ccc(F)cc2F)c1. The van der Waals surface area contributed by atoms with Gasteiger partial charge in [0.05, 0.1) is 0 Å². The van der Waals surface area contributed by atoms with E-state index in [0.717, 1.165) is 18.2 Å². The van der Waals surface area contributed by atoms with Crippen LogP contribution in [-0.4, -0.2) is 5.91 Å². The van der Waals surface area contributed by atoms with Gasteiger partial charge in [0.1, 0.15) is 23.5 Å². The number of halogens is 3. The first-order chi connectivity index (χ1) is 9.86. The van der Waals surface area contributed by atoms with E-state index in [2.05, 4.69) is 5.32 Å². The number of benzene rings is 2. The Morgan fingerprint density at radius 3 is 2.38 bits per heavy atom. The molecule has 2 aromatic rings. The predicted octanol–water partition coefficient (Wildman–Crippen LogP) is 3.05. The van der Waals surface area contributed by atoms with Crippen LogP contribution in [0.3, 0.4) is 0 Å². The van der Waals surface area contributed by atoms with Crippen LogP contribution in [0.1, 0.15) is 17.2 Å². The number of anilines is 1. The standard InChI is InChI=1S/C15H13F3N2O/c1-8-4-10(17)6-11(5-8)20-14(15(19)21)12-3-2-9(16)7-13(12)18/h2-7,14,20H,1H3,(H2,19,21). The summed E-state index contributed by atoms with van der Waals surface area (Å²) in [6.45, 7) is 1.67. The van der Waals surface area contributed by atoms with Gasteiger partial charge in [-0.25, -0.2) is 13.2 Å². The first kappa shape index (κ1) is 14.9. The van der Waals surface area contributed by atoms with Gasteiger partial charge in [0, 0.05) is 17.3 Å². The van der Waals surface area contributed by atoms with E-state index >= 15 is 0 Å². The highest BCUT2D eigenvalue weighted by atomic mass is 19.1. The van der Waals surface area contributed by atoms with Crippen LogP contribution in [0.15, 0.2) is 36.4 Å². The molecule has 0 aliphatic heterocycles. The number of carbonyl (C=O) groups is 1. The van der Waals surface area contributed by atoms with Gasteiger partial charge in [-0.15, -0.1) is 0 Å². The van der Waals surface area contributed by atoms with Gasteiger partial charge in [-0.3, -0.25) is 4.79 Å². The molecule has 0 radical (unpaired) electrons. The summed E-state index contributed by atoms with van der Waals surface area (Å²) in [4.78, 5) is 11.5. The van der Waals surface area contributed by atoms with Crippen molar-refractivity contribution in [3.63, 3.8) is 0 Å². The molecular weight excluding hydrogens is 281 g/mol. The second-order valence-electron chi connectivity index (χ2n) is 4.66. The monoisotopic (exact) mass is 294 g/mol. The lowest BCUT2D eigenvalue weighted by Gasteiger charge is -2.18. The maximum absolute atomic E-state index is 13.8. The average molecular weight is 294 g/mol. The fourth-order valence-electron chi connectivity index (χ4n) is 2.02. The molecule has 0 aliphatic rings. The Balaban J connectivity index is 2.37. The zero-order valence-corrected chi connectivity index (χ0v) is 11.2. The molecule has 6 heteroatoms. The van der Waals surface area contributed by atoms with E-state index in [4.69, 9.17) is 5.73 Å². The number of aryl methyl sites for hydroxylation is 1. The molecule has 3 N–H and O–H groups in total. The van der Waals surface area contributed by atoms with Crippen molar-refractivity contribution in [2.45, 2.75) is 13.0 Å². The fourth-order valence-corrected chi connectivity index (χ4v) is 2.02. The van der Waals surface area contributed by atoms with Crippen LogP contribution in [0.5, 0.6) is 0 Å². The summed E-state index contributed by atoms with van der Waals surface area (Å²) in [5.41, 5.74) is 6.04. The maximum atomic E-state index is 13.8. The lowest BCUT2D eigenvalue weighted by Crippen LogP contribution is -2.28. The highest BCUT2D eigenvalue weighted by Crippen LogP contribution is 2.24. The third-order valence-corrected chi connectivity index (χ3v) is 2.91. The molecule has 21 heavy (non-hydrogen) atoms. The van der Waals surface area contributed by atoms with Gasteiger partial charge in [0.15, 0.2) is 0 Å². The van der Waals surface area contributed by atoms with Crippen molar-refractivity contribution in [3.8, 4) is 0 Å². The van der Waals surface area contributed by atoms with Gasteiger partial charge >= 0.3 is 0 Å². The minimum atomic E-state index is -1.23. The molecule has 1 amide bonds. The van der Waals surface area contributed by atoms with Gasteiger partial charge in [0.2, 0.25) is 5.91 Å². The summed E-state index contributed by atoms with van der Waals surface area (Å²) in [5, 5.41) is 2.66. The Bertz CT molecular complexity index is 668. The van der Waals surface area contributed by atoms with Gasteiger partial charge in [-0.1, -0.05) is 6.07 Å². The van der Waals surface area contributed by atoms with Crippen LogP contribution >= 0.6 is 0 Å². The number of hydrogen-bond donors (Lipinski definition) is 2. The summed E-state index contributed by atoms with van der Waals surface area (Å²) in [6, 6.07) is 5.62. The molecule has 0 bridgehead atoms. The van der Waals surface area contributed by atoms with Crippen LogP contribution < -0.4 is 11.1 Å². The first-order valence-electron chi connectivity index (χ1n) is 6.15. The van der Waals surface area contributed by atoms with Gasteiger partial charge in [0.25, 0.3) is 0 Å². The van der Waals surface area contributed by atoms with Crippen molar-refractivity contribution >= 4 is 11.6 Å². The average Bonchev–Trinajstić information content (AvgIpc) is 2.35. The van der Waals surface area contributed by atoms with Crippen LogP contribution in [0.25, 0.3) is 0 Å². The quantitative estimate of drug-likeness (QED) is 0.910. The third kappa shape index (κ3) is 3.53. The number of rotatable bonds is 4. The molecule has 1 unspecified atom stereocenters. The van der Waals surface area contributed by atoms with E-state index in [1.807, 2.05) is 0 Å². The topological polar surface area (TPSA) is 55.1 Å². The van der Waals surface area contributed by atoms with Crippen molar-refractivity contribution in [3.05, 3.63) is 65.0 Å². The van der Waals surface area contributed by atoms with Crippen molar-refractivity contribution in [2.24, 2.45) is 5.73 Å². The molecule has 2 rings (SSSR count). The largest absolute Gasteiger partial charge is 0.370 e. The number of amides is 1. The zero-order chi connectivity index (χ0) is 15.6. The minimum Gasteiger partial charge on any atom is -0.370 e. The molecule has 0 spiro atoms. The first-order valence-corrected chi connectivity index (χ1v) is 6.15. The van der Waals surface area contributed by atoms with Crippen molar-refractivity contribution < 1.29 is 18.0 Å². The Hall–Kier alpha value is -2.50. The Kier molecular flexibility index (Phi) is 4.16. The summed E-state index contributed by atoms with van der Waals surface area (Å²) in [7, 11) is 0. The second-order valence-corrected chi connectivity index (χ2v) is 4.66. The van der Waals surface area contributed by atoms with Crippen molar-refractivity contribution in [2.75, 3.05) is 5.32 Å². The van der Waals surface area contributed by atoms with Gasteiger partial charge in [-0.2, -0.15) is 0 Å². The van der Waals surface area contributed by atoms with E-state index in [1.165, 1.54) is 6.07 Å². The lowest BCUT2D eigenvalue weighted by atomic mass is 10.0. The summed E-state index contributed by atoms with van der Waals surface area (Å²) in [5.74, 6) is -3.02. The fraction of sp³-hybridized carbons (Fsp3) is 0.133. The Labute approximate surface area is 119 Å². The lowest BCUT2D eigenvalue weighted by molar-refractivity contribution is -0.118. The third-order valence-electron chi connectivity index (χ3n) is 2.91. The van der Waals surface area contributed by atoms with E-state index < -0.39 is 29.4 Å². The van der Waals surface area contributed by atoms with E-state index in [-0.39, 0.29) is 11.3 Å². The molecule has 0 saturated heterocycles. The molecule has 1 atom stereocenters. The zero-order valence-electron chi connectivity index (χ0n) is 11.2. The molecule has 0 fully saturated rings. The molecule has 0 aromatic heterocycles. The normalized spacial score (nSPS) is 12.0. The van der Waals surface area contributed by atoms with E-state index in [9.17, 15) is 18.0 Å². The van der Waals surface area contributed by atoms with Crippen LogP contribution in [0, 0.1) is 24.4 Å². The predicted molar refractivity (Wildman–Crippen MR) is 73.1 cm³/mol. The minimum absolute atomic E-state index is 0.106. The summed E-state index contributed by atoms with van der Waals surface area (Å²) in [6.07, 6.45) is 0. The van der Waals surface area contributed by atoms with Crippen molar-refractivity contribution in [1.82, 2.24) is 0 Å². The summed E-state index contributed by atoms with van der Waals surface area (Å²) < 4.78 is 40.0. The second kappa shape index (κ2) is 5.87. The smallest absolute Gasteiger partial charge is 0.244 e. The number of hydrogen-bond acceptors (Lipinski definition) is 2. The molecule has 0 heterocycles. The maximum Gasteiger partial charge on any atom is 0.244 e. The van der Waals surface area contributed by atoms with Crippen LogP contribution in [0.4, 0.5) is 18.9 Å². The van der Waals surface area contributed by atoms with E-state index in [0.29, 0.717) is 11.6 Å². The summed E-state index contributed by atoms with van der Waals surface area (Å²) >= 11 is 0. The van der Waals surface area contributed by atoms with Crippen LogP contribution in [0.2, 0.25) is 0 Å². The molecule has 0 aliphatic carbocycles. The highest BCUT2D eigenvalue weighted by Gasteiger charge is 2.22.